The van der Waals surface area contributed by atoms with Crippen LogP contribution in [0.25, 0.3) is 5.69 Å². The number of aromatic nitrogens is 4. The lowest BCUT2D eigenvalue weighted by atomic mass is 10.1. The summed E-state index contributed by atoms with van der Waals surface area (Å²) < 4.78 is 16.9. The molecule has 1 amide bonds. The number of benzene rings is 1. The van der Waals surface area contributed by atoms with E-state index in [4.69, 9.17) is 0 Å². The number of amides is 1. The first kappa shape index (κ1) is 15.6. The van der Waals surface area contributed by atoms with Gasteiger partial charge in [-0.25, -0.2) is 14.4 Å². The summed E-state index contributed by atoms with van der Waals surface area (Å²) in [6.45, 7) is 1.36. The van der Waals surface area contributed by atoms with Crippen molar-refractivity contribution in [3.05, 3.63) is 67.0 Å². The molecule has 7 heteroatoms. The van der Waals surface area contributed by atoms with Gasteiger partial charge in [-0.05, 0) is 37.1 Å². The number of carbonyl (C=O) groups is 1. The van der Waals surface area contributed by atoms with Gasteiger partial charge in [0.2, 0.25) is 0 Å². The summed E-state index contributed by atoms with van der Waals surface area (Å²) >= 11 is 0. The van der Waals surface area contributed by atoms with Crippen LogP contribution < -0.4 is 0 Å². The molecular formula is C18H18FN5O. The van der Waals surface area contributed by atoms with Gasteiger partial charge >= 0.3 is 0 Å². The van der Waals surface area contributed by atoms with Gasteiger partial charge in [0.25, 0.3) is 5.91 Å². The van der Waals surface area contributed by atoms with Crippen molar-refractivity contribution in [2.75, 3.05) is 13.1 Å². The summed E-state index contributed by atoms with van der Waals surface area (Å²) in [5.74, 6) is -0.373. The molecule has 3 heterocycles. The van der Waals surface area contributed by atoms with Gasteiger partial charge in [0.1, 0.15) is 11.5 Å². The predicted molar refractivity (Wildman–Crippen MR) is 89.9 cm³/mol. The minimum atomic E-state index is -0.309. The maximum atomic E-state index is 13.1. The van der Waals surface area contributed by atoms with Gasteiger partial charge in [0, 0.05) is 31.2 Å². The summed E-state index contributed by atoms with van der Waals surface area (Å²) in [5.41, 5.74) is 1.20. The van der Waals surface area contributed by atoms with Gasteiger partial charge in [0.05, 0.1) is 24.9 Å². The number of hydrogen-bond donors (Lipinski definition) is 0. The van der Waals surface area contributed by atoms with E-state index in [1.807, 2.05) is 11.1 Å². The molecule has 1 atom stereocenters. The Labute approximate surface area is 144 Å². The van der Waals surface area contributed by atoms with E-state index in [0.717, 1.165) is 19.4 Å². The van der Waals surface area contributed by atoms with E-state index in [9.17, 15) is 9.18 Å². The van der Waals surface area contributed by atoms with Crippen LogP contribution in [0.2, 0.25) is 0 Å². The number of halogens is 1. The molecule has 4 rings (SSSR count). The highest BCUT2D eigenvalue weighted by molar-refractivity contribution is 5.93. The Balaban J connectivity index is 1.57. The maximum absolute atomic E-state index is 13.1. The van der Waals surface area contributed by atoms with Gasteiger partial charge in [-0.15, -0.1) is 0 Å². The van der Waals surface area contributed by atoms with E-state index in [1.54, 1.807) is 41.7 Å². The molecule has 128 valence electrons. The molecule has 1 aliphatic heterocycles. The minimum Gasteiger partial charge on any atom is -0.335 e. The van der Waals surface area contributed by atoms with E-state index in [1.165, 1.54) is 12.1 Å². The van der Waals surface area contributed by atoms with Gasteiger partial charge in [-0.3, -0.25) is 9.36 Å². The molecule has 0 N–H and O–H groups in total. The van der Waals surface area contributed by atoms with E-state index in [-0.39, 0.29) is 17.8 Å². The molecule has 25 heavy (non-hydrogen) atoms. The second kappa shape index (κ2) is 6.51. The van der Waals surface area contributed by atoms with E-state index in [2.05, 4.69) is 14.5 Å². The first-order valence-electron chi connectivity index (χ1n) is 8.27. The molecule has 0 spiro atoms. The zero-order chi connectivity index (χ0) is 17.2. The van der Waals surface area contributed by atoms with Crippen molar-refractivity contribution < 1.29 is 9.18 Å². The SMILES string of the molecule is O=C(c1cncn1-c1ccc(F)cc1)N1CCCC(n2ccnc2)C1. The zero-order valence-corrected chi connectivity index (χ0v) is 13.6. The first-order chi connectivity index (χ1) is 12.2. The lowest BCUT2D eigenvalue weighted by Crippen LogP contribution is -2.41. The highest BCUT2D eigenvalue weighted by Crippen LogP contribution is 2.23. The van der Waals surface area contributed by atoms with Crippen LogP contribution in [0.4, 0.5) is 4.39 Å². The molecule has 0 saturated carbocycles. The lowest BCUT2D eigenvalue weighted by molar-refractivity contribution is 0.0671. The van der Waals surface area contributed by atoms with Gasteiger partial charge in [-0.2, -0.15) is 0 Å². The second-order valence-corrected chi connectivity index (χ2v) is 6.18. The minimum absolute atomic E-state index is 0.0633. The summed E-state index contributed by atoms with van der Waals surface area (Å²) in [4.78, 5) is 23.1. The number of piperidine rings is 1. The van der Waals surface area contributed by atoms with Crippen LogP contribution in [0.15, 0.2) is 55.5 Å². The van der Waals surface area contributed by atoms with Crippen LogP contribution >= 0.6 is 0 Å². The molecule has 1 fully saturated rings. The Morgan fingerprint density at radius 2 is 2.00 bits per heavy atom. The number of rotatable bonds is 3. The van der Waals surface area contributed by atoms with Crippen LogP contribution in [-0.4, -0.2) is 43.0 Å². The average Bonchev–Trinajstić information content (AvgIpc) is 3.34. The molecule has 0 radical (unpaired) electrons. The Hall–Kier alpha value is -2.96. The van der Waals surface area contributed by atoms with Gasteiger partial charge in [0.15, 0.2) is 0 Å². The monoisotopic (exact) mass is 339 g/mol. The molecule has 0 bridgehead atoms. The number of hydrogen-bond acceptors (Lipinski definition) is 3. The Morgan fingerprint density at radius 1 is 1.16 bits per heavy atom. The van der Waals surface area contributed by atoms with Crippen LogP contribution in [0, 0.1) is 5.82 Å². The summed E-state index contributed by atoms with van der Waals surface area (Å²) in [5, 5.41) is 0. The molecule has 1 unspecified atom stereocenters. The van der Waals surface area contributed by atoms with E-state index < -0.39 is 0 Å². The Kier molecular flexibility index (Phi) is 4.05. The van der Waals surface area contributed by atoms with Crippen molar-refractivity contribution in [2.24, 2.45) is 0 Å². The third-order valence-corrected chi connectivity index (χ3v) is 4.59. The molecule has 1 saturated heterocycles. The summed E-state index contributed by atoms with van der Waals surface area (Å²) in [6, 6.07) is 6.26. The van der Waals surface area contributed by atoms with Crippen molar-refractivity contribution in [3.8, 4) is 5.69 Å². The third kappa shape index (κ3) is 3.05. The number of likely N-dealkylation sites (tertiary alicyclic amines) is 1. The summed E-state index contributed by atoms with van der Waals surface area (Å²) in [6.07, 6.45) is 10.6. The van der Waals surface area contributed by atoms with Crippen LogP contribution in [-0.2, 0) is 0 Å². The number of imidazole rings is 2. The lowest BCUT2D eigenvalue weighted by Gasteiger charge is -2.33. The normalized spacial score (nSPS) is 17.6. The van der Waals surface area contributed by atoms with Crippen molar-refractivity contribution in [3.63, 3.8) is 0 Å². The molecular weight excluding hydrogens is 321 g/mol. The number of nitrogens with zero attached hydrogens (tertiary/aromatic N) is 5. The fraction of sp³-hybridized carbons (Fsp3) is 0.278. The van der Waals surface area contributed by atoms with Gasteiger partial charge in [-0.1, -0.05) is 0 Å². The van der Waals surface area contributed by atoms with Crippen molar-refractivity contribution in [2.45, 2.75) is 18.9 Å². The highest BCUT2D eigenvalue weighted by atomic mass is 19.1. The van der Waals surface area contributed by atoms with Crippen LogP contribution in [0.3, 0.4) is 0 Å². The largest absolute Gasteiger partial charge is 0.335 e. The Morgan fingerprint density at radius 3 is 2.76 bits per heavy atom. The molecule has 2 aromatic heterocycles. The maximum Gasteiger partial charge on any atom is 0.272 e. The first-order valence-corrected chi connectivity index (χ1v) is 8.27. The van der Waals surface area contributed by atoms with Crippen molar-refractivity contribution >= 4 is 5.91 Å². The zero-order valence-electron chi connectivity index (χ0n) is 13.6. The molecule has 6 nitrogen and oxygen atoms in total. The predicted octanol–water partition coefficient (Wildman–Crippen LogP) is 2.69. The van der Waals surface area contributed by atoms with Crippen molar-refractivity contribution in [1.29, 1.82) is 0 Å². The average molecular weight is 339 g/mol. The second-order valence-electron chi connectivity index (χ2n) is 6.18. The quantitative estimate of drug-likeness (QED) is 0.737. The standard InChI is InChI=1S/C18H18FN5O/c19-14-3-5-15(6-4-14)24-13-21-10-17(24)18(25)22-8-1-2-16(11-22)23-9-7-20-12-23/h3-7,9-10,12-13,16H,1-2,8,11H2. The highest BCUT2D eigenvalue weighted by Gasteiger charge is 2.27. The van der Waals surface area contributed by atoms with E-state index >= 15 is 0 Å². The van der Waals surface area contributed by atoms with E-state index in [0.29, 0.717) is 17.9 Å². The third-order valence-electron chi connectivity index (χ3n) is 4.59. The van der Waals surface area contributed by atoms with Gasteiger partial charge < -0.3 is 9.47 Å². The van der Waals surface area contributed by atoms with Crippen LogP contribution in [0.5, 0.6) is 0 Å². The Bertz CT molecular complexity index is 856. The topological polar surface area (TPSA) is 56.0 Å². The fourth-order valence-corrected chi connectivity index (χ4v) is 3.29. The molecule has 3 aromatic rings. The fourth-order valence-electron chi connectivity index (χ4n) is 3.29. The van der Waals surface area contributed by atoms with Crippen LogP contribution in [0.1, 0.15) is 29.4 Å². The van der Waals surface area contributed by atoms with Crippen molar-refractivity contribution in [1.82, 2.24) is 24.0 Å². The summed E-state index contributed by atoms with van der Waals surface area (Å²) in [7, 11) is 0. The molecule has 1 aromatic carbocycles. The molecule has 0 aliphatic carbocycles. The number of carbonyl (C=O) groups excluding carboxylic acids is 1. The smallest absolute Gasteiger partial charge is 0.272 e. The molecule has 1 aliphatic rings.